The Balaban J connectivity index is 1.63. The molecular formula is C22H19FN2O3. The first kappa shape index (κ1) is 19.1. The molecule has 0 heterocycles. The maximum atomic E-state index is 13.6. The average molecular weight is 378 g/mol. The number of hydrogen-bond donors (Lipinski definition) is 1. The number of carbonyl (C=O) groups is 1. The van der Waals surface area contributed by atoms with Crippen molar-refractivity contribution in [2.24, 2.45) is 5.10 Å². The lowest BCUT2D eigenvalue weighted by Gasteiger charge is -2.11. The van der Waals surface area contributed by atoms with Gasteiger partial charge in [0.2, 0.25) is 0 Å². The van der Waals surface area contributed by atoms with Crippen molar-refractivity contribution in [2.75, 3.05) is 7.11 Å². The van der Waals surface area contributed by atoms with Crippen molar-refractivity contribution in [1.29, 1.82) is 0 Å². The van der Waals surface area contributed by atoms with Crippen LogP contribution in [0.5, 0.6) is 11.5 Å². The SMILES string of the molecule is COc1cc(/C=N\NC(=O)c2ccccc2F)ccc1OCc1ccccc1. The quantitative estimate of drug-likeness (QED) is 0.496. The second kappa shape index (κ2) is 9.32. The predicted octanol–water partition coefficient (Wildman–Crippen LogP) is 4.18. The Morgan fingerprint density at radius 2 is 1.79 bits per heavy atom. The summed E-state index contributed by atoms with van der Waals surface area (Å²) in [6, 6.07) is 20.8. The van der Waals surface area contributed by atoms with E-state index < -0.39 is 11.7 Å². The van der Waals surface area contributed by atoms with Crippen LogP contribution in [0.1, 0.15) is 21.5 Å². The molecule has 0 aromatic heterocycles. The van der Waals surface area contributed by atoms with Gasteiger partial charge in [-0.3, -0.25) is 4.79 Å². The third kappa shape index (κ3) is 4.94. The van der Waals surface area contributed by atoms with Crippen molar-refractivity contribution in [3.05, 3.63) is 95.3 Å². The number of hydrogen-bond acceptors (Lipinski definition) is 4. The zero-order valence-corrected chi connectivity index (χ0v) is 15.3. The molecule has 0 aliphatic heterocycles. The number of amides is 1. The first-order valence-corrected chi connectivity index (χ1v) is 8.60. The summed E-state index contributed by atoms with van der Waals surface area (Å²) < 4.78 is 24.8. The Morgan fingerprint density at radius 3 is 2.54 bits per heavy atom. The number of ether oxygens (including phenoxy) is 2. The highest BCUT2D eigenvalue weighted by Crippen LogP contribution is 2.28. The molecule has 3 rings (SSSR count). The summed E-state index contributed by atoms with van der Waals surface area (Å²) in [6.07, 6.45) is 1.45. The fourth-order valence-electron chi connectivity index (χ4n) is 2.49. The van der Waals surface area contributed by atoms with Crippen LogP contribution < -0.4 is 14.9 Å². The van der Waals surface area contributed by atoms with E-state index in [0.717, 1.165) is 5.56 Å². The van der Waals surface area contributed by atoms with E-state index in [1.165, 1.54) is 24.4 Å². The zero-order chi connectivity index (χ0) is 19.8. The summed E-state index contributed by atoms with van der Waals surface area (Å²) in [4.78, 5) is 11.9. The van der Waals surface area contributed by atoms with Crippen LogP contribution >= 0.6 is 0 Å². The van der Waals surface area contributed by atoms with Gasteiger partial charge >= 0.3 is 0 Å². The van der Waals surface area contributed by atoms with Crippen LogP contribution in [0.4, 0.5) is 4.39 Å². The second-order valence-corrected chi connectivity index (χ2v) is 5.86. The van der Waals surface area contributed by atoms with Crippen LogP contribution in [-0.2, 0) is 6.61 Å². The van der Waals surface area contributed by atoms with E-state index >= 15 is 0 Å². The molecule has 3 aromatic carbocycles. The van der Waals surface area contributed by atoms with Crippen molar-refractivity contribution in [1.82, 2.24) is 5.43 Å². The maximum Gasteiger partial charge on any atom is 0.274 e. The number of nitrogens with zero attached hydrogens (tertiary/aromatic N) is 1. The first-order valence-electron chi connectivity index (χ1n) is 8.60. The number of rotatable bonds is 7. The lowest BCUT2D eigenvalue weighted by molar-refractivity contribution is 0.0951. The molecular weight excluding hydrogens is 359 g/mol. The van der Waals surface area contributed by atoms with Gasteiger partial charge in [-0.05, 0) is 41.5 Å². The molecule has 6 heteroatoms. The molecule has 0 aliphatic carbocycles. The van der Waals surface area contributed by atoms with Gasteiger partial charge in [-0.15, -0.1) is 0 Å². The number of carbonyl (C=O) groups excluding carboxylic acids is 1. The minimum atomic E-state index is -0.621. The van der Waals surface area contributed by atoms with Crippen molar-refractivity contribution in [2.45, 2.75) is 6.61 Å². The maximum absolute atomic E-state index is 13.6. The van der Waals surface area contributed by atoms with Crippen LogP contribution in [0.15, 0.2) is 77.9 Å². The van der Waals surface area contributed by atoms with E-state index in [-0.39, 0.29) is 5.56 Å². The van der Waals surface area contributed by atoms with Crippen LogP contribution in [0.25, 0.3) is 0 Å². The van der Waals surface area contributed by atoms with Gasteiger partial charge in [-0.2, -0.15) is 5.10 Å². The van der Waals surface area contributed by atoms with Crippen molar-refractivity contribution in [3.8, 4) is 11.5 Å². The highest BCUT2D eigenvalue weighted by Gasteiger charge is 2.09. The molecule has 0 bridgehead atoms. The van der Waals surface area contributed by atoms with Gasteiger partial charge < -0.3 is 9.47 Å². The Kier molecular flexibility index (Phi) is 6.36. The van der Waals surface area contributed by atoms with E-state index in [2.05, 4.69) is 10.5 Å². The van der Waals surface area contributed by atoms with Gasteiger partial charge in [-0.25, -0.2) is 9.82 Å². The van der Waals surface area contributed by atoms with Gasteiger partial charge in [0.05, 0.1) is 18.9 Å². The molecule has 1 amide bonds. The topological polar surface area (TPSA) is 59.9 Å². The van der Waals surface area contributed by atoms with E-state index in [1.807, 2.05) is 30.3 Å². The van der Waals surface area contributed by atoms with E-state index in [1.54, 1.807) is 31.4 Å². The minimum absolute atomic E-state index is 0.0677. The molecule has 0 radical (unpaired) electrons. The fourth-order valence-corrected chi connectivity index (χ4v) is 2.49. The van der Waals surface area contributed by atoms with Gasteiger partial charge in [0.25, 0.3) is 5.91 Å². The lowest BCUT2D eigenvalue weighted by Crippen LogP contribution is -2.18. The Morgan fingerprint density at radius 1 is 1.04 bits per heavy atom. The molecule has 0 fully saturated rings. The molecule has 0 saturated heterocycles. The minimum Gasteiger partial charge on any atom is -0.493 e. The third-order valence-electron chi connectivity index (χ3n) is 3.92. The molecule has 0 unspecified atom stereocenters. The molecule has 0 saturated carbocycles. The number of benzene rings is 3. The molecule has 0 aliphatic rings. The molecule has 0 spiro atoms. The summed E-state index contributed by atoms with van der Waals surface area (Å²) >= 11 is 0. The fraction of sp³-hybridized carbons (Fsp3) is 0.0909. The summed E-state index contributed by atoms with van der Waals surface area (Å²) in [6.45, 7) is 0.420. The van der Waals surface area contributed by atoms with Gasteiger partial charge in [0.15, 0.2) is 11.5 Å². The summed E-state index contributed by atoms with van der Waals surface area (Å²) in [5.41, 5.74) is 3.98. The number of methoxy groups -OCH3 is 1. The molecule has 28 heavy (non-hydrogen) atoms. The van der Waals surface area contributed by atoms with Crippen molar-refractivity contribution < 1.29 is 18.7 Å². The Bertz CT molecular complexity index is 975. The smallest absolute Gasteiger partial charge is 0.274 e. The van der Waals surface area contributed by atoms with E-state index in [0.29, 0.717) is 23.7 Å². The largest absolute Gasteiger partial charge is 0.493 e. The second-order valence-electron chi connectivity index (χ2n) is 5.86. The standard InChI is InChI=1S/C22H19FN2O3/c1-27-21-13-17(11-12-20(21)28-15-16-7-3-2-4-8-16)14-24-25-22(26)18-9-5-6-10-19(18)23/h2-14H,15H2,1H3,(H,25,26)/b24-14-. The van der Waals surface area contributed by atoms with Crippen LogP contribution in [0.2, 0.25) is 0 Å². The van der Waals surface area contributed by atoms with Crippen molar-refractivity contribution >= 4 is 12.1 Å². The molecule has 1 N–H and O–H groups in total. The van der Waals surface area contributed by atoms with Crippen LogP contribution in [0.3, 0.4) is 0 Å². The first-order chi connectivity index (χ1) is 13.7. The number of nitrogens with one attached hydrogen (secondary N) is 1. The van der Waals surface area contributed by atoms with Gasteiger partial charge in [-0.1, -0.05) is 42.5 Å². The Labute approximate surface area is 162 Å². The van der Waals surface area contributed by atoms with Crippen molar-refractivity contribution in [3.63, 3.8) is 0 Å². The molecule has 3 aromatic rings. The van der Waals surface area contributed by atoms with E-state index in [9.17, 15) is 9.18 Å². The van der Waals surface area contributed by atoms with Crippen LogP contribution in [0, 0.1) is 5.82 Å². The normalized spacial score (nSPS) is 10.6. The van der Waals surface area contributed by atoms with E-state index in [4.69, 9.17) is 9.47 Å². The zero-order valence-electron chi connectivity index (χ0n) is 15.3. The summed E-state index contributed by atoms with van der Waals surface area (Å²) in [5.74, 6) is -0.0832. The van der Waals surface area contributed by atoms with Gasteiger partial charge in [0, 0.05) is 0 Å². The van der Waals surface area contributed by atoms with Gasteiger partial charge in [0.1, 0.15) is 12.4 Å². The molecule has 5 nitrogen and oxygen atoms in total. The average Bonchev–Trinajstić information content (AvgIpc) is 2.73. The summed E-state index contributed by atoms with van der Waals surface area (Å²) in [5, 5.41) is 3.87. The van der Waals surface area contributed by atoms with Crippen LogP contribution in [-0.4, -0.2) is 19.2 Å². The molecule has 0 atom stereocenters. The predicted molar refractivity (Wildman–Crippen MR) is 105 cm³/mol. The highest BCUT2D eigenvalue weighted by molar-refractivity contribution is 5.95. The number of hydrazone groups is 1. The number of halogens is 1. The molecule has 142 valence electrons. The Hall–Kier alpha value is -3.67. The highest BCUT2D eigenvalue weighted by atomic mass is 19.1. The third-order valence-corrected chi connectivity index (χ3v) is 3.92. The lowest BCUT2D eigenvalue weighted by atomic mass is 10.2. The summed E-state index contributed by atoms with van der Waals surface area (Å²) in [7, 11) is 1.55. The monoisotopic (exact) mass is 378 g/mol.